The second-order valence-electron chi connectivity index (χ2n) is 5.49. The van der Waals surface area contributed by atoms with Crippen LogP contribution < -0.4 is 0 Å². The number of nitrogens with zero attached hydrogens (tertiary/aromatic N) is 1. The van der Waals surface area contributed by atoms with Gasteiger partial charge in [0.25, 0.3) is 0 Å². The first-order chi connectivity index (χ1) is 6.48. The highest BCUT2D eigenvalue weighted by atomic mass is 16.4. The van der Waals surface area contributed by atoms with Crippen molar-refractivity contribution in [1.29, 1.82) is 0 Å². The molecule has 0 aliphatic carbocycles. The highest BCUT2D eigenvalue weighted by Crippen LogP contribution is 2.26. The van der Waals surface area contributed by atoms with E-state index in [2.05, 4.69) is 0 Å². The van der Waals surface area contributed by atoms with Crippen molar-refractivity contribution in [3.05, 3.63) is 0 Å². The molecule has 15 heavy (non-hydrogen) atoms. The number of hydrogen-bond acceptors (Lipinski definition) is 2. The van der Waals surface area contributed by atoms with Crippen LogP contribution in [0.1, 0.15) is 41.0 Å². The molecule has 0 unspecified atom stereocenters. The topological polar surface area (TPSA) is 57.6 Å². The van der Waals surface area contributed by atoms with E-state index in [4.69, 9.17) is 5.11 Å². The van der Waals surface area contributed by atoms with E-state index in [0.29, 0.717) is 0 Å². The summed E-state index contributed by atoms with van der Waals surface area (Å²) in [5.41, 5.74) is -1.14. The molecule has 0 saturated heterocycles. The maximum atomic E-state index is 12.0. The van der Waals surface area contributed by atoms with Crippen LogP contribution in [-0.4, -0.2) is 34.5 Å². The standard InChI is InChI=1S/C11H21NO3/c1-10(2,3)12(6)9(15)11(4,5)7-8(13)14/h7H2,1-6H3,(H,13,14). The molecule has 0 aliphatic heterocycles. The van der Waals surface area contributed by atoms with Gasteiger partial charge in [0, 0.05) is 12.6 Å². The van der Waals surface area contributed by atoms with Gasteiger partial charge >= 0.3 is 5.97 Å². The lowest BCUT2D eigenvalue weighted by atomic mass is 9.86. The van der Waals surface area contributed by atoms with Crippen LogP contribution in [0.25, 0.3) is 0 Å². The van der Waals surface area contributed by atoms with E-state index in [9.17, 15) is 9.59 Å². The summed E-state index contributed by atoms with van der Waals surface area (Å²) >= 11 is 0. The molecule has 1 N–H and O–H groups in total. The van der Waals surface area contributed by atoms with Crippen LogP contribution in [0.5, 0.6) is 0 Å². The van der Waals surface area contributed by atoms with Crippen molar-refractivity contribution < 1.29 is 14.7 Å². The van der Waals surface area contributed by atoms with E-state index in [-0.39, 0.29) is 17.9 Å². The molecule has 4 nitrogen and oxygen atoms in total. The largest absolute Gasteiger partial charge is 0.481 e. The molecule has 0 aromatic rings. The van der Waals surface area contributed by atoms with Crippen LogP contribution in [0.3, 0.4) is 0 Å². The Morgan fingerprint density at radius 1 is 1.13 bits per heavy atom. The first kappa shape index (κ1) is 13.9. The Morgan fingerprint density at radius 2 is 1.53 bits per heavy atom. The molecule has 0 rings (SSSR count). The first-order valence-electron chi connectivity index (χ1n) is 4.98. The second-order valence-corrected chi connectivity index (χ2v) is 5.49. The van der Waals surface area contributed by atoms with Crippen LogP contribution in [-0.2, 0) is 9.59 Å². The number of carbonyl (C=O) groups is 2. The Labute approximate surface area is 91.3 Å². The fourth-order valence-electron chi connectivity index (χ4n) is 1.21. The second kappa shape index (κ2) is 4.21. The summed E-state index contributed by atoms with van der Waals surface area (Å²) in [6.45, 7) is 9.07. The summed E-state index contributed by atoms with van der Waals surface area (Å²) in [4.78, 5) is 24.2. The first-order valence-corrected chi connectivity index (χ1v) is 4.98. The number of amides is 1. The van der Waals surface area contributed by atoms with Gasteiger partial charge in [-0.1, -0.05) is 13.8 Å². The molecule has 0 bridgehead atoms. The molecule has 0 aromatic carbocycles. The van der Waals surface area contributed by atoms with Gasteiger partial charge in [-0.3, -0.25) is 9.59 Å². The van der Waals surface area contributed by atoms with E-state index < -0.39 is 11.4 Å². The van der Waals surface area contributed by atoms with Crippen LogP contribution in [0.15, 0.2) is 0 Å². The Morgan fingerprint density at radius 3 is 1.80 bits per heavy atom. The molecule has 0 radical (unpaired) electrons. The summed E-state index contributed by atoms with van der Waals surface area (Å²) < 4.78 is 0. The molecule has 1 amide bonds. The van der Waals surface area contributed by atoms with Gasteiger partial charge in [0.05, 0.1) is 11.8 Å². The molecule has 88 valence electrons. The normalized spacial score (nSPS) is 12.4. The quantitative estimate of drug-likeness (QED) is 0.780. The smallest absolute Gasteiger partial charge is 0.304 e. The molecular formula is C11H21NO3. The number of rotatable bonds is 3. The Hall–Kier alpha value is -1.06. The lowest BCUT2D eigenvalue weighted by molar-refractivity contribution is -0.151. The highest BCUT2D eigenvalue weighted by molar-refractivity contribution is 5.86. The lowest BCUT2D eigenvalue weighted by Gasteiger charge is -2.37. The fraction of sp³-hybridized carbons (Fsp3) is 0.818. The van der Waals surface area contributed by atoms with Crippen molar-refractivity contribution in [3.8, 4) is 0 Å². The zero-order chi connectivity index (χ0) is 12.4. The Kier molecular flexibility index (Phi) is 3.91. The molecule has 0 fully saturated rings. The third kappa shape index (κ3) is 3.90. The van der Waals surface area contributed by atoms with Crippen molar-refractivity contribution in [3.63, 3.8) is 0 Å². The molecular weight excluding hydrogens is 194 g/mol. The third-order valence-corrected chi connectivity index (χ3v) is 2.48. The van der Waals surface area contributed by atoms with Crippen molar-refractivity contribution in [2.45, 2.75) is 46.6 Å². The number of aliphatic carboxylic acids is 1. The van der Waals surface area contributed by atoms with Crippen LogP contribution in [0, 0.1) is 5.41 Å². The van der Waals surface area contributed by atoms with Gasteiger partial charge in [-0.25, -0.2) is 0 Å². The maximum absolute atomic E-state index is 12.0. The fourth-order valence-corrected chi connectivity index (χ4v) is 1.21. The van der Waals surface area contributed by atoms with Crippen molar-refractivity contribution in [1.82, 2.24) is 4.90 Å². The van der Waals surface area contributed by atoms with Gasteiger partial charge in [0.2, 0.25) is 5.91 Å². The number of carbonyl (C=O) groups excluding carboxylic acids is 1. The number of carboxylic acid groups (broad SMARTS) is 1. The zero-order valence-corrected chi connectivity index (χ0v) is 10.4. The number of hydrogen-bond donors (Lipinski definition) is 1. The molecule has 0 aromatic heterocycles. The van der Waals surface area contributed by atoms with E-state index in [0.717, 1.165) is 0 Å². The minimum atomic E-state index is -0.948. The zero-order valence-electron chi connectivity index (χ0n) is 10.4. The van der Waals surface area contributed by atoms with Gasteiger partial charge in [-0.05, 0) is 20.8 Å². The Bertz CT molecular complexity index is 263. The average molecular weight is 215 g/mol. The van der Waals surface area contributed by atoms with Crippen LogP contribution in [0.4, 0.5) is 0 Å². The molecule has 0 saturated carbocycles. The number of carboxylic acids is 1. The molecule has 0 spiro atoms. The molecule has 0 aliphatic rings. The lowest BCUT2D eigenvalue weighted by Crippen LogP contribution is -2.48. The minimum absolute atomic E-state index is 0.141. The SMILES string of the molecule is CN(C(=O)C(C)(C)CC(=O)O)C(C)(C)C. The van der Waals surface area contributed by atoms with Crippen molar-refractivity contribution >= 4 is 11.9 Å². The Balaban J connectivity index is 4.77. The minimum Gasteiger partial charge on any atom is -0.481 e. The monoisotopic (exact) mass is 215 g/mol. The van der Waals surface area contributed by atoms with Crippen LogP contribution in [0.2, 0.25) is 0 Å². The summed E-state index contributed by atoms with van der Waals surface area (Å²) in [5.74, 6) is -1.09. The van der Waals surface area contributed by atoms with E-state index >= 15 is 0 Å². The predicted molar refractivity (Wildman–Crippen MR) is 58.6 cm³/mol. The summed E-state index contributed by atoms with van der Waals surface area (Å²) in [6.07, 6.45) is -0.147. The van der Waals surface area contributed by atoms with Crippen molar-refractivity contribution in [2.75, 3.05) is 7.05 Å². The maximum Gasteiger partial charge on any atom is 0.304 e. The highest BCUT2D eigenvalue weighted by Gasteiger charge is 2.36. The van der Waals surface area contributed by atoms with Gasteiger partial charge in [0.15, 0.2) is 0 Å². The predicted octanol–water partition coefficient (Wildman–Crippen LogP) is 1.74. The van der Waals surface area contributed by atoms with Gasteiger partial charge in [0.1, 0.15) is 0 Å². The molecule has 0 heterocycles. The average Bonchev–Trinajstić information content (AvgIpc) is 1.97. The van der Waals surface area contributed by atoms with Gasteiger partial charge in [-0.2, -0.15) is 0 Å². The van der Waals surface area contributed by atoms with Crippen LogP contribution >= 0.6 is 0 Å². The third-order valence-electron chi connectivity index (χ3n) is 2.48. The van der Waals surface area contributed by atoms with E-state index in [1.165, 1.54) is 0 Å². The molecule has 4 heteroatoms. The summed E-state index contributed by atoms with van der Waals surface area (Å²) in [6, 6.07) is 0. The summed E-state index contributed by atoms with van der Waals surface area (Å²) in [7, 11) is 1.70. The van der Waals surface area contributed by atoms with E-state index in [1.54, 1.807) is 25.8 Å². The van der Waals surface area contributed by atoms with Crippen molar-refractivity contribution in [2.24, 2.45) is 5.41 Å². The summed E-state index contributed by atoms with van der Waals surface area (Å²) in [5, 5.41) is 8.71. The van der Waals surface area contributed by atoms with Gasteiger partial charge < -0.3 is 10.0 Å². The van der Waals surface area contributed by atoms with Gasteiger partial charge in [-0.15, -0.1) is 0 Å². The van der Waals surface area contributed by atoms with E-state index in [1.807, 2.05) is 20.8 Å². The molecule has 0 atom stereocenters.